The first-order valence-electron chi connectivity index (χ1n) is 5.66. The molecule has 0 aliphatic heterocycles. The van der Waals surface area contributed by atoms with Gasteiger partial charge in [0.25, 0.3) is 0 Å². The summed E-state index contributed by atoms with van der Waals surface area (Å²) in [5.41, 5.74) is 0.680. The lowest BCUT2D eigenvalue weighted by molar-refractivity contribution is -0.120. The van der Waals surface area contributed by atoms with E-state index in [0.717, 1.165) is 0 Å². The number of aliphatic hydroxyl groups is 1. The van der Waals surface area contributed by atoms with Gasteiger partial charge in [-0.2, -0.15) is 0 Å². The van der Waals surface area contributed by atoms with E-state index in [9.17, 15) is 9.90 Å². The van der Waals surface area contributed by atoms with Crippen LogP contribution in [-0.4, -0.2) is 25.1 Å². The summed E-state index contributed by atoms with van der Waals surface area (Å²) in [5.74, 6) is 0.378. The second-order valence-electron chi connectivity index (χ2n) is 4.16. The summed E-state index contributed by atoms with van der Waals surface area (Å²) >= 11 is 0. The van der Waals surface area contributed by atoms with Crippen LogP contribution in [-0.2, 0) is 4.79 Å². The number of benzene rings is 1. The average Bonchev–Trinajstić information content (AvgIpc) is 2.37. The number of hydrogen-bond acceptors (Lipinski definition) is 4. The third-order valence-electron chi connectivity index (χ3n) is 2.49. The summed E-state index contributed by atoms with van der Waals surface area (Å²) in [5, 5.41) is 9.67. The number of hydrogen-bond donors (Lipinski definition) is 1. The molecule has 0 spiro atoms. The lowest BCUT2D eigenvalue weighted by atomic mass is 10.1. The van der Waals surface area contributed by atoms with Crippen LogP contribution in [0.4, 0.5) is 0 Å². The van der Waals surface area contributed by atoms with Gasteiger partial charge in [0.1, 0.15) is 0 Å². The van der Waals surface area contributed by atoms with E-state index in [2.05, 4.69) is 0 Å². The van der Waals surface area contributed by atoms with Gasteiger partial charge in [0.2, 0.25) is 0 Å². The monoisotopic (exact) mass is 250 g/mol. The SMILES string of the molecule is COc1ccc(/C=C(\O)C(=O)C(C)C)cc1OC. The van der Waals surface area contributed by atoms with Gasteiger partial charge in [0, 0.05) is 5.92 Å². The average molecular weight is 250 g/mol. The molecule has 0 saturated carbocycles. The molecule has 98 valence electrons. The zero-order chi connectivity index (χ0) is 13.7. The fraction of sp³-hybridized carbons (Fsp3) is 0.357. The maximum absolute atomic E-state index is 11.6. The van der Waals surface area contributed by atoms with Crippen LogP contribution in [0, 0.1) is 5.92 Å². The second kappa shape index (κ2) is 6.10. The third kappa shape index (κ3) is 3.26. The van der Waals surface area contributed by atoms with Gasteiger partial charge in [0.05, 0.1) is 14.2 Å². The Bertz CT molecular complexity index is 461. The molecule has 0 unspecified atom stereocenters. The Morgan fingerprint density at radius 1 is 1.22 bits per heavy atom. The second-order valence-corrected chi connectivity index (χ2v) is 4.16. The molecule has 18 heavy (non-hydrogen) atoms. The van der Waals surface area contributed by atoms with Crippen molar-refractivity contribution in [3.8, 4) is 11.5 Å². The number of allylic oxidation sites excluding steroid dienone is 1. The Kier molecular flexibility index (Phi) is 4.77. The molecule has 0 atom stereocenters. The first kappa shape index (κ1) is 14.1. The van der Waals surface area contributed by atoms with Crippen molar-refractivity contribution in [2.75, 3.05) is 14.2 Å². The summed E-state index contributed by atoms with van der Waals surface area (Å²) in [6, 6.07) is 5.16. The number of carbonyl (C=O) groups is 1. The normalized spacial score (nSPS) is 11.5. The van der Waals surface area contributed by atoms with Crippen LogP contribution in [0.1, 0.15) is 19.4 Å². The van der Waals surface area contributed by atoms with Crippen molar-refractivity contribution in [2.45, 2.75) is 13.8 Å². The van der Waals surface area contributed by atoms with Crippen molar-refractivity contribution in [2.24, 2.45) is 5.92 Å². The number of carbonyl (C=O) groups excluding carboxylic acids is 1. The van der Waals surface area contributed by atoms with E-state index < -0.39 is 0 Å². The van der Waals surface area contributed by atoms with E-state index in [1.807, 2.05) is 0 Å². The number of ether oxygens (including phenoxy) is 2. The molecular weight excluding hydrogens is 232 g/mol. The Balaban J connectivity index is 3.05. The predicted molar refractivity (Wildman–Crippen MR) is 70.0 cm³/mol. The Labute approximate surface area is 107 Å². The molecule has 0 fully saturated rings. The van der Waals surface area contributed by atoms with Crippen LogP contribution in [0.5, 0.6) is 11.5 Å². The summed E-state index contributed by atoms with van der Waals surface area (Å²) in [4.78, 5) is 11.6. The summed E-state index contributed by atoms with van der Waals surface area (Å²) in [6.07, 6.45) is 1.42. The van der Waals surface area contributed by atoms with Gasteiger partial charge >= 0.3 is 0 Å². The molecule has 0 heterocycles. The van der Waals surface area contributed by atoms with E-state index in [-0.39, 0.29) is 17.5 Å². The Morgan fingerprint density at radius 2 is 1.83 bits per heavy atom. The van der Waals surface area contributed by atoms with Crippen LogP contribution in [0.25, 0.3) is 6.08 Å². The smallest absolute Gasteiger partial charge is 0.199 e. The molecule has 0 amide bonds. The van der Waals surface area contributed by atoms with Crippen LogP contribution >= 0.6 is 0 Å². The molecule has 0 saturated heterocycles. The quantitative estimate of drug-likeness (QED) is 0.645. The molecule has 0 radical (unpaired) electrons. The van der Waals surface area contributed by atoms with E-state index in [0.29, 0.717) is 17.1 Å². The number of methoxy groups -OCH3 is 2. The van der Waals surface area contributed by atoms with Gasteiger partial charge in [-0.1, -0.05) is 19.9 Å². The minimum atomic E-state index is -0.287. The number of Topliss-reactive ketones (excluding diaryl/α,β-unsaturated/α-hetero) is 1. The summed E-state index contributed by atoms with van der Waals surface area (Å²) in [7, 11) is 3.08. The molecule has 0 aliphatic carbocycles. The van der Waals surface area contributed by atoms with E-state index in [4.69, 9.17) is 9.47 Å². The summed E-state index contributed by atoms with van der Waals surface area (Å²) in [6.45, 7) is 3.47. The van der Waals surface area contributed by atoms with Crippen LogP contribution in [0.15, 0.2) is 24.0 Å². The first-order valence-corrected chi connectivity index (χ1v) is 5.66. The molecule has 0 aliphatic rings. The zero-order valence-corrected chi connectivity index (χ0v) is 11.1. The number of aliphatic hydroxyl groups excluding tert-OH is 1. The highest BCUT2D eigenvalue weighted by Crippen LogP contribution is 2.28. The lowest BCUT2D eigenvalue weighted by Crippen LogP contribution is -2.09. The Morgan fingerprint density at radius 3 is 2.33 bits per heavy atom. The van der Waals surface area contributed by atoms with Crippen LogP contribution < -0.4 is 9.47 Å². The molecular formula is C14H18O4. The largest absolute Gasteiger partial charge is 0.504 e. The van der Waals surface area contributed by atoms with E-state index in [1.54, 1.807) is 39.2 Å². The topological polar surface area (TPSA) is 55.8 Å². The Hall–Kier alpha value is -1.97. The van der Waals surface area contributed by atoms with E-state index in [1.165, 1.54) is 13.2 Å². The lowest BCUT2D eigenvalue weighted by Gasteiger charge is -2.08. The minimum Gasteiger partial charge on any atom is -0.504 e. The highest BCUT2D eigenvalue weighted by molar-refractivity contribution is 5.98. The third-order valence-corrected chi connectivity index (χ3v) is 2.49. The van der Waals surface area contributed by atoms with Crippen molar-refractivity contribution in [1.29, 1.82) is 0 Å². The van der Waals surface area contributed by atoms with Crippen molar-refractivity contribution in [1.82, 2.24) is 0 Å². The molecule has 4 nitrogen and oxygen atoms in total. The van der Waals surface area contributed by atoms with Crippen molar-refractivity contribution in [3.05, 3.63) is 29.5 Å². The first-order chi connectivity index (χ1) is 8.49. The standard InChI is InChI=1S/C14H18O4/c1-9(2)14(16)11(15)7-10-5-6-12(17-3)13(8-10)18-4/h5-9,15H,1-4H3/b11-7-. The summed E-state index contributed by atoms with van der Waals surface area (Å²) < 4.78 is 10.3. The van der Waals surface area contributed by atoms with Crippen LogP contribution in [0.2, 0.25) is 0 Å². The maximum Gasteiger partial charge on any atom is 0.199 e. The van der Waals surface area contributed by atoms with Gasteiger partial charge in [-0.25, -0.2) is 0 Å². The van der Waals surface area contributed by atoms with Gasteiger partial charge in [-0.15, -0.1) is 0 Å². The van der Waals surface area contributed by atoms with Gasteiger partial charge in [-0.3, -0.25) is 4.79 Å². The van der Waals surface area contributed by atoms with Crippen molar-refractivity contribution < 1.29 is 19.4 Å². The number of rotatable bonds is 5. The number of ketones is 1. The van der Waals surface area contributed by atoms with Crippen molar-refractivity contribution in [3.63, 3.8) is 0 Å². The maximum atomic E-state index is 11.6. The molecule has 4 heteroatoms. The van der Waals surface area contributed by atoms with Crippen molar-refractivity contribution >= 4 is 11.9 Å². The van der Waals surface area contributed by atoms with Gasteiger partial charge < -0.3 is 14.6 Å². The molecule has 0 bridgehead atoms. The van der Waals surface area contributed by atoms with Crippen LogP contribution in [0.3, 0.4) is 0 Å². The highest BCUT2D eigenvalue weighted by Gasteiger charge is 2.12. The van der Waals surface area contributed by atoms with Gasteiger partial charge in [-0.05, 0) is 23.8 Å². The fourth-order valence-corrected chi connectivity index (χ4v) is 1.47. The predicted octanol–water partition coefficient (Wildman–Crippen LogP) is 2.83. The zero-order valence-electron chi connectivity index (χ0n) is 11.1. The van der Waals surface area contributed by atoms with Gasteiger partial charge in [0.15, 0.2) is 23.0 Å². The minimum absolute atomic E-state index is 0.235. The molecule has 1 N–H and O–H groups in total. The molecule has 1 aromatic rings. The molecule has 1 aromatic carbocycles. The molecule has 1 rings (SSSR count). The fourth-order valence-electron chi connectivity index (χ4n) is 1.47. The van der Waals surface area contributed by atoms with E-state index >= 15 is 0 Å². The molecule has 0 aromatic heterocycles. The highest BCUT2D eigenvalue weighted by atomic mass is 16.5.